The van der Waals surface area contributed by atoms with Crippen molar-refractivity contribution in [1.29, 1.82) is 0 Å². The van der Waals surface area contributed by atoms with Crippen molar-refractivity contribution in [2.75, 3.05) is 18.5 Å². The first-order valence-electron chi connectivity index (χ1n) is 6.95. The Morgan fingerprint density at radius 2 is 2.06 bits per heavy atom. The van der Waals surface area contributed by atoms with E-state index in [1.165, 1.54) is 24.1 Å². The lowest BCUT2D eigenvalue weighted by Gasteiger charge is -2.24. The zero-order chi connectivity index (χ0) is 13.0. The predicted octanol–water partition coefficient (Wildman–Crippen LogP) is 3.51. The maximum atomic E-state index is 3.86. The van der Waals surface area contributed by atoms with Crippen LogP contribution in [0.3, 0.4) is 0 Å². The average Bonchev–Trinajstić information content (AvgIpc) is 3.23. The molecule has 18 heavy (non-hydrogen) atoms. The summed E-state index contributed by atoms with van der Waals surface area (Å²) >= 11 is 0. The van der Waals surface area contributed by atoms with Gasteiger partial charge in [0.15, 0.2) is 0 Å². The molecule has 1 atom stereocenters. The van der Waals surface area contributed by atoms with E-state index in [-0.39, 0.29) is 0 Å². The molecular formula is C16H24N2. The second-order valence-corrected chi connectivity index (χ2v) is 5.01. The van der Waals surface area contributed by atoms with E-state index in [4.69, 9.17) is 0 Å². The molecule has 1 saturated carbocycles. The minimum atomic E-state index is 0.466. The van der Waals surface area contributed by atoms with Gasteiger partial charge in [-0.25, -0.2) is 0 Å². The van der Waals surface area contributed by atoms with Crippen LogP contribution in [0, 0.1) is 0 Å². The monoisotopic (exact) mass is 244 g/mol. The fourth-order valence-corrected chi connectivity index (χ4v) is 2.50. The predicted molar refractivity (Wildman–Crippen MR) is 79.1 cm³/mol. The van der Waals surface area contributed by atoms with E-state index in [0.717, 1.165) is 19.0 Å². The summed E-state index contributed by atoms with van der Waals surface area (Å²) in [6, 6.07) is 10.2. The second-order valence-electron chi connectivity index (χ2n) is 5.01. The molecule has 98 valence electrons. The van der Waals surface area contributed by atoms with E-state index in [2.05, 4.69) is 48.0 Å². The molecule has 0 radical (unpaired) electrons. The van der Waals surface area contributed by atoms with E-state index in [0.29, 0.717) is 6.04 Å². The SMILES string of the molecule is C=CCN(c1ccc(C(CC)NC)cc1)C1CC1. The van der Waals surface area contributed by atoms with Gasteiger partial charge in [0.1, 0.15) is 0 Å². The molecule has 1 unspecified atom stereocenters. The summed E-state index contributed by atoms with van der Waals surface area (Å²) in [5, 5.41) is 3.35. The molecule has 0 saturated heterocycles. The number of hydrogen-bond acceptors (Lipinski definition) is 2. The van der Waals surface area contributed by atoms with E-state index < -0.39 is 0 Å². The molecule has 2 nitrogen and oxygen atoms in total. The Labute approximate surface area is 111 Å². The minimum absolute atomic E-state index is 0.466. The topological polar surface area (TPSA) is 15.3 Å². The maximum Gasteiger partial charge on any atom is 0.0371 e. The number of hydrogen-bond donors (Lipinski definition) is 1. The fourth-order valence-electron chi connectivity index (χ4n) is 2.50. The maximum absolute atomic E-state index is 3.86. The summed E-state index contributed by atoms with van der Waals surface area (Å²) in [5.41, 5.74) is 2.70. The van der Waals surface area contributed by atoms with Crippen LogP contribution in [0.1, 0.15) is 37.8 Å². The number of anilines is 1. The summed E-state index contributed by atoms with van der Waals surface area (Å²) in [5.74, 6) is 0. The van der Waals surface area contributed by atoms with Crippen molar-refractivity contribution < 1.29 is 0 Å². The first kappa shape index (κ1) is 13.2. The largest absolute Gasteiger partial charge is 0.365 e. The molecule has 2 heteroatoms. The quantitative estimate of drug-likeness (QED) is 0.738. The van der Waals surface area contributed by atoms with Gasteiger partial charge in [-0.15, -0.1) is 6.58 Å². The summed E-state index contributed by atoms with van der Waals surface area (Å²) in [4.78, 5) is 2.46. The van der Waals surface area contributed by atoms with Crippen LogP contribution in [-0.2, 0) is 0 Å². The van der Waals surface area contributed by atoms with Crippen LogP contribution in [0.15, 0.2) is 36.9 Å². The molecule has 1 aromatic carbocycles. The second kappa shape index (κ2) is 6.05. The summed E-state index contributed by atoms with van der Waals surface area (Å²) in [6.45, 7) is 7.02. The first-order chi connectivity index (χ1) is 8.80. The molecule has 0 aliphatic heterocycles. The normalized spacial score (nSPS) is 16.3. The molecule has 0 aromatic heterocycles. The lowest BCUT2D eigenvalue weighted by Crippen LogP contribution is -2.25. The van der Waals surface area contributed by atoms with Gasteiger partial charge in [0.25, 0.3) is 0 Å². The highest BCUT2D eigenvalue weighted by Gasteiger charge is 2.28. The third-order valence-corrected chi connectivity index (χ3v) is 3.70. The van der Waals surface area contributed by atoms with E-state index >= 15 is 0 Å². The van der Waals surface area contributed by atoms with Gasteiger partial charge in [-0.3, -0.25) is 0 Å². The van der Waals surface area contributed by atoms with Crippen LogP contribution in [0.5, 0.6) is 0 Å². The molecule has 1 aliphatic rings. The molecule has 0 heterocycles. The third-order valence-electron chi connectivity index (χ3n) is 3.70. The molecule has 0 spiro atoms. The van der Waals surface area contributed by atoms with Crippen molar-refractivity contribution in [1.82, 2.24) is 5.32 Å². The van der Waals surface area contributed by atoms with Crippen LogP contribution >= 0.6 is 0 Å². The molecular weight excluding hydrogens is 220 g/mol. The molecule has 0 bridgehead atoms. The molecule has 0 amide bonds. The van der Waals surface area contributed by atoms with Gasteiger partial charge in [0.05, 0.1) is 0 Å². The van der Waals surface area contributed by atoms with Crippen LogP contribution in [-0.4, -0.2) is 19.6 Å². The van der Waals surface area contributed by atoms with Gasteiger partial charge in [-0.2, -0.15) is 0 Å². The standard InChI is InChI=1S/C16H24N2/c1-4-12-18(15-10-11-15)14-8-6-13(7-9-14)16(5-2)17-3/h4,6-9,15-17H,1,5,10-12H2,2-3H3. The first-order valence-corrected chi connectivity index (χ1v) is 6.95. The van der Waals surface area contributed by atoms with Crippen LogP contribution in [0.2, 0.25) is 0 Å². The van der Waals surface area contributed by atoms with Crippen molar-refractivity contribution >= 4 is 5.69 Å². The third kappa shape index (κ3) is 2.94. The highest BCUT2D eigenvalue weighted by molar-refractivity contribution is 5.50. The number of benzene rings is 1. The molecule has 2 rings (SSSR count). The van der Waals surface area contributed by atoms with E-state index in [1.54, 1.807) is 0 Å². The smallest absolute Gasteiger partial charge is 0.0371 e. The zero-order valence-electron chi connectivity index (χ0n) is 11.5. The zero-order valence-corrected chi connectivity index (χ0v) is 11.5. The Bertz CT molecular complexity index is 375. The molecule has 1 fully saturated rings. The van der Waals surface area contributed by atoms with Gasteiger partial charge >= 0.3 is 0 Å². The van der Waals surface area contributed by atoms with E-state index in [1.807, 2.05) is 13.1 Å². The highest BCUT2D eigenvalue weighted by Crippen LogP contribution is 2.32. The van der Waals surface area contributed by atoms with Crippen LogP contribution in [0.4, 0.5) is 5.69 Å². The summed E-state index contributed by atoms with van der Waals surface area (Å²) in [7, 11) is 2.02. The van der Waals surface area contributed by atoms with E-state index in [9.17, 15) is 0 Å². The fraction of sp³-hybridized carbons (Fsp3) is 0.500. The Morgan fingerprint density at radius 3 is 2.50 bits per heavy atom. The van der Waals surface area contributed by atoms with Gasteiger partial charge in [-0.05, 0) is 44.0 Å². The lowest BCUT2D eigenvalue weighted by molar-refractivity contribution is 0.577. The minimum Gasteiger partial charge on any atom is -0.365 e. The van der Waals surface area contributed by atoms with Gasteiger partial charge < -0.3 is 10.2 Å². The van der Waals surface area contributed by atoms with Gasteiger partial charge in [-0.1, -0.05) is 25.1 Å². The number of nitrogens with one attached hydrogen (secondary N) is 1. The van der Waals surface area contributed by atoms with Crippen LogP contribution in [0.25, 0.3) is 0 Å². The van der Waals surface area contributed by atoms with Crippen molar-refractivity contribution in [2.45, 2.75) is 38.3 Å². The Hall–Kier alpha value is -1.28. The van der Waals surface area contributed by atoms with Crippen molar-refractivity contribution in [2.24, 2.45) is 0 Å². The van der Waals surface area contributed by atoms with Crippen molar-refractivity contribution in [3.05, 3.63) is 42.5 Å². The van der Waals surface area contributed by atoms with Crippen LogP contribution < -0.4 is 10.2 Å². The number of rotatable bonds is 7. The van der Waals surface area contributed by atoms with Crippen molar-refractivity contribution in [3.63, 3.8) is 0 Å². The summed E-state index contributed by atoms with van der Waals surface area (Å²) < 4.78 is 0. The molecule has 1 aliphatic carbocycles. The van der Waals surface area contributed by atoms with Crippen molar-refractivity contribution in [3.8, 4) is 0 Å². The average molecular weight is 244 g/mol. The summed E-state index contributed by atoms with van der Waals surface area (Å²) in [6.07, 6.45) is 5.76. The Balaban J connectivity index is 2.12. The number of nitrogens with zero attached hydrogens (tertiary/aromatic N) is 1. The Morgan fingerprint density at radius 1 is 1.39 bits per heavy atom. The van der Waals surface area contributed by atoms with Gasteiger partial charge in [0.2, 0.25) is 0 Å². The van der Waals surface area contributed by atoms with Gasteiger partial charge in [0, 0.05) is 24.3 Å². The molecule has 1 aromatic rings. The Kier molecular flexibility index (Phi) is 4.43. The lowest BCUT2D eigenvalue weighted by atomic mass is 10.0. The molecule has 1 N–H and O–H groups in total. The highest BCUT2D eigenvalue weighted by atomic mass is 15.2.